The number of carboxylic acids is 1. The van der Waals surface area contributed by atoms with Gasteiger partial charge < -0.3 is 9.52 Å². The molecule has 0 unspecified atom stereocenters. The first-order chi connectivity index (χ1) is 14.8. The van der Waals surface area contributed by atoms with Crippen molar-refractivity contribution >= 4 is 46.6 Å². The van der Waals surface area contributed by atoms with Crippen molar-refractivity contribution in [1.29, 1.82) is 0 Å². The Morgan fingerprint density at radius 2 is 1.87 bits per heavy atom. The summed E-state index contributed by atoms with van der Waals surface area (Å²) in [7, 11) is 0. The van der Waals surface area contributed by atoms with Crippen molar-refractivity contribution in [3.63, 3.8) is 0 Å². The molecule has 4 rings (SSSR count). The van der Waals surface area contributed by atoms with Crippen molar-refractivity contribution in [1.82, 2.24) is 4.90 Å². The third-order valence-corrected chi connectivity index (χ3v) is 5.73. The SMILES string of the molecule is O=C(O)c1ccc(-c2ccc(/C=C3\SC(=O)N(Cc4ccc(F)cc4)C3=O)o2)cc1Cl. The first kappa shape index (κ1) is 20.9. The average molecular weight is 458 g/mol. The summed E-state index contributed by atoms with van der Waals surface area (Å²) < 4.78 is 18.8. The molecule has 3 aromatic rings. The number of imide groups is 1. The molecule has 0 radical (unpaired) electrons. The van der Waals surface area contributed by atoms with E-state index in [0.29, 0.717) is 22.6 Å². The summed E-state index contributed by atoms with van der Waals surface area (Å²) in [5.41, 5.74) is 1.18. The highest BCUT2D eigenvalue weighted by Gasteiger charge is 2.35. The molecule has 0 bridgehead atoms. The Hall–Kier alpha value is -3.36. The van der Waals surface area contributed by atoms with Crippen molar-refractivity contribution in [3.8, 4) is 11.3 Å². The number of hydrogen-bond donors (Lipinski definition) is 1. The van der Waals surface area contributed by atoms with Crippen molar-refractivity contribution in [2.45, 2.75) is 6.54 Å². The van der Waals surface area contributed by atoms with E-state index in [1.165, 1.54) is 42.5 Å². The highest BCUT2D eigenvalue weighted by atomic mass is 35.5. The van der Waals surface area contributed by atoms with Gasteiger partial charge in [0, 0.05) is 11.6 Å². The predicted octanol–water partition coefficient (Wildman–Crippen LogP) is 5.67. The van der Waals surface area contributed by atoms with Gasteiger partial charge in [-0.15, -0.1) is 0 Å². The van der Waals surface area contributed by atoms with Crippen LogP contribution in [0.3, 0.4) is 0 Å². The van der Waals surface area contributed by atoms with E-state index in [2.05, 4.69) is 0 Å². The molecule has 1 aliphatic rings. The van der Waals surface area contributed by atoms with Gasteiger partial charge in [0.15, 0.2) is 0 Å². The number of halogens is 2. The maximum Gasteiger partial charge on any atom is 0.337 e. The topological polar surface area (TPSA) is 87.8 Å². The minimum absolute atomic E-state index is 0.0213. The Kier molecular flexibility index (Phi) is 5.67. The Balaban J connectivity index is 1.53. The van der Waals surface area contributed by atoms with Crippen LogP contribution in [-0.4, -0.2) is 27.1 Å². The summed E-state index contributed by atoms with van der Waals surface area (Å²) in [5, 5.41) is 8.71. The molecule has 1 saturated heterocycles. The van der Waals surface area contributed by atoms with E-state index in [9.17, 15) is 18.8 Å². The van der Waals surface area contributed by atoms with Gasteiger partial charge in [-0.3, -0.25) is 14.5 Å². The molecule has 0 spiro atoms. The number of benzene rings is 2. The number of carbonyl (C=O) groups excluding carboxylic acids is 2. The van der Waals surface area contributed by atoms with Gasteiger partial charge in [0.2, 0.25) is 0 Å². The lowest BCUT2D eigenvalue weighted by atomic mass is 10.1. The molecule has 6 nitrogen and oxygen atoms in total. The molecule has 0 aliphatic carbocycles. The van der Waals surface area contributed by atoms with Crippen LogP contribution in [0.25, 0.3) is 17.4 Å². The summed E-state index contributed by atoms with van der Waals surface area (Å²) >= 11 is 6.79. The van der Waals surface area contributed by atoms with E-state index in [0.717, 1.165) is 16.7 Å². The molecule has 2 aromatic carbocycles. The normalized spacial score (nSPS) is 15.2. The zero-order valence-corrected chi connectivity index (χ0v) is 17.2. The molecule has 1 aromatic heterocycles. The first-order valence-electron chi connectivity index (χ1n) is 8.94. The fourth-order valence-electron chi connectivity index (χ4n) is 2.97. The number of furan rings is 1. The number of amides is 2. The minimum atomic E-state index is -1.13. The monoisotopic (exact) mass is 457 g/mol. The summed E-state index contributed by atoms with van der Waals surface area (Å²) in [6.07, 6.45) is 1.46. The highest BCUT2D eigenvalue weighted by molar-refractivity contribution is 8.18. The van der Waals surface area contributed by atoms with E-state index < -0.39 is 22.9 Å². The van der Waals surface area contributed by atoms with Crippen molar-refractivity contribution in [2.75, 3.05) is 0 Å². The lowest BCUT2D eigenvalue weighted by Crippen LogP contribution is -2.27. The molecular weight excluding hydrogens is 445 g/mol. The van der Waals surface area contributed by atoms with Crippen molar-refractivity contribution < 1.29 is 28.3 Å². The summed E-state index contributed by atoms with van der Waals surface area (Å²) in [5.74, 6) is -1.22. The smallest absolute Gasteiger partial charge is 0.337 e. The third-order valence-electron chi connectivity index (χ3n) is 4.51. The van der Waals surface area contributed by atoms with Crippen LogP contribution in [0.2, 0.25) is 5.02 Å². The second-order valence-corrected chi connectivity index (χ2v) is 8.00. The fourth-order valence-corrected chi connectivity index (χ4v) is 4.05. The van der Waals surface area contributed by atoms with Crippen LogP contribution >= 0.6 is 23.4 Å². The standard InChI is InChI=1S/C22H13ClFNO5S/c23-17-9-13(3-7-16(17)21(27)28)18-8-6-15(30-18)10-19-20(26)25(22(29)31-19)11-12-1-4-14(24)5-2-12/h1-10H,11H2,(H,27,28)/b19-10-. The van der Waals surface area contributed by atoms with Crippen LogP contribution < -0.4 is 0 Å². The zero-order chi connectivity index (χ0) is 22.1. The van der Waals surface area contributed by atoms with Crippen LogP contribution in [-0.2, 0) is 11.3 Å². The Labute approximate surface area is 184 Å². The minimum Gasteiger partial charge on any atom is -0.478 e. The molecule has 31 heavy (non-hydrogen) atoms. The second kappa shape index (κ2) is 8.41. The summed E-state index contributed by atoms with van der Waals surface area (Å²) in [4.78, 5) is 37.3. The molecule has 1 aliphatic heterocycles. The predicted molar refractivity (Wildman–Crippen MR) is 114 cm³/mol. The molecule has 1 N–H and O–H groups in total. The van der Waals surface area contributed by atoms with Gasteiger partial charge in [0.1, 0.15) is 17.3 Å². The number of aromatic carboxylic acids is 1. The Morgan fingerprint density at radius 1 is 1.13 bits per heavy atom. The van der Waals surface area contributed by atoms with E-state index in [1.54, 1.807) is 18.2 Å². The summed E-state index contributed by atoms with van der Waals surface area (Å²) in [6.45, 7) is 0.0418. The van der Waals surface area contributed by atoms with E-state index in [1.807, 2.05) is 0 Å². The lowest BCUT2D eigenvalue weighted by molar-refractivity contribution is -0.123. The molecule has 1 fully saturated rings. The molecule has 2 amide bonds. The van der Waals surface area contributed by atoms with Crippen molar-refractivity contribution in [2.24, 2.45) is 0 Å². The van der Waals surface area contributed by atoms with Gasteiger partial charge in [-0.25, -0.2) is 9.18 Å². The van der Waals surface area contributed by atoms with Crippen LogP contribution in [0.5, 0.6) is 0 Å². The quantitative estimate of drug-likeness (QED) is 0.496. The number of carboxylic acid groups (broad SMARTS) is 1. The van der Waals surface area contributed by atoms with Crippen LogP contribution in [0.4, 0.5) is 9.18 Å². The Morgan fingerprint density at radius 3 is 2.55 bits per heavy atom. The van der Waals surface area contributed by atoms with Crippen LogP contribution in [0, 0.1) is 5.82 Å². The maximum atomic E-state index is 13.1. The molecule has 9 heteroatoms. The Bertz CT molecular complexity index is 1230. The van der Waals surface area contributed by atoms with Gasteiger partial charge in [-0.05, 0) is 53.7 Å². The van der Waals surface area contributed by atoms with Crippen molar-refractivity contribution in [3.05, 3.63) is 87.2 Å². The number of carbonyl (C=O) groups is 3. The average Bonchev–Trinajstić information content (AvgIpc) is 3.29. The van der Waals surface area contributed by atoms with Crippen LogP contribution in [0.1, 0.15) is 21.7 Å². The molecule has 0 atom stereocenters. The molecular formula is C22H13ClFNO5S. The third kappa shape index (κ3) is 4.40. The first-order valence-corrected chi connectivity index (χ1v) is 10.1. The molecule has 0 saturated carbocycles. The molecule has 156 valence electrons. The van der Waals surface area contributed by atoms with E-state index in [-0.39, 0.29) is 22.0 Å². The highest BCUT2D eigenvalue weighted by Crippen LogP contribution is 2.34. The van der Waals surface area contributed by atoms with Gasteiger partial charge >= 0.3 is 5.97 Å². The van der Waals surface area contributed by atoms with Gasteiger partial charge in [-0.2, -0.15) is 0 Å². The maximum absolute atomic E-state index is 13.1. The number of thioether (sulfide) groups is 1. The number of hydrogen-bond acceptors (Lipinski definition) is 5. The number of nitrogens with zero attached hydrogens (tertiary/aromatic N) is 1. The van der Waals surface area contributed by atoms with Gasteiger partial charge in [-0.1, -0.05) is 29.8 Å². The largest absolute Gasteiger partial charge is 0.478 e. The zero-order valence-electron chi connectivity index (χ0n) is 15.7. The van der Waals surface area contributed by atoms with E-state index in [4.69, 9.17) is 21.1 Å². The fraction of sp³-hybridized carbons (Fsp3) is 0.0455. The van der Waals surface area contributed by atoms with E-state index >= 15 is 0 Å². The van der Waals surface area contributed by atoms with Crippen LogP contribution in [0.15, 0.2) is 63.9 Å². The lowest BCUT2D eigenvalue weighted by Gasteiger charge is -2.12. The van der Waals surface area contributed by atoms with Gasteiger partial charge in [0.05, 0.1) is 22.0 Å². The molecule has 2 heterocycles. The van der Waals surface area contributed by atoms with Gasteiger partial charge in [0.25, 0.3) is 11.1 Å². The number of rotatable bonds is 5. The summed E-state index contributed by atoms with van der Waals surface area (Å²) in [6, 6.07) is 13.3. The second-order valence-electron chi connectivity index (χ2n) is 6.60.